The van der Waals surface area contributed by atoms with Crippen molar-refractivity contribution in [3.8, 4) is 5.75 Å². The van der Waals surface area contributed by atoms with Crippen molar-refractivity contribution in [1.82, 2.24) is 15.2 Å². The molecule has 1 saturated carbocycles. The Labute approximate surface area is 172 Å². The van der Waals surface area contributed by atoms with Crippen LogP contribution in [0.25, 0.3) is 0 Å². The van der Waals surface area contributed by atoms with E-state index < -0.39 is 0 Å². The molecule has 0 atom stereocenters. The minimum absolute atomic E-state index is 0.0626. The molecular formula is C23H30N4O2. The quantitative estimate of drug-likeness (QED) is 0.776. The average molecular weight is 395 g/mol. The molecule has 6 nitrogen and oxygen atoms in total. The number of nitrogens with one attached hydrogen (secondary N) is 1. The van der Waals surface area contributed by atoms with E-state index in [9.17, 15) is 9.90 Å². The first-order valence-corrected chi connectivity index (χ1v) is 10.7. The molecule has 0 radical (unpaired) electrons. The van der Waals surface area contributed by atoms with Crippen molar-refractivity contribution in [2.24, 2.45) is 0 Å². The largest absolute Gasteiger partial charge is 0.508 e. The van der Waals surface area contributed by atoms with Gasteiger partial charge in [-0.15, -0.1) is 0 Å². The first kappa shape index (κ1) is 19.6. The van der Waals surface area contributed by atoms with Gasteiger partial charge in [0, 0.05) is 38.4 Å². The predicted molar refractivity (Wildman–Crippen MR) is 114 cm³/mol. The molecule has 2 aliphatic rings. The molecule has 4 rings (SSSR count). The fourth-order valence-corrected chi connectivity index (χ4v) is 3.89. The highest BCUT2D eigenvalue weighted by atomic mass is 16.3. The van der Waals surface area contributed by atoms with E-state index in [1.165, 1.54) is 25.7 Å². The zero-order valence-electron chi connectivity index (χ0n) is 16.9. The summed E-state index contributed by atoms with van der Waals surface area (Å²) in [5, 5.41) is 12.7. The second-order valence-electron chi connectivity index (χ2n) is 8.11. The number of amides is 2. The van der Waals surface area contributed by atoms with E-state index in [2.05, 4.69) is 27.3 Å². The van der Waals surface area contributed by atoms with Gasteiger partial charge in [0.2, 0.25) is 0 Å². The van der Waals surface area contributed by atoms with Crippen molar-refractivity contribution >= 4 is 11.8 Å². The lowest BCUT2D eigenvalue weighted by atomic mass is 10.2. The van der Waals surface area contributed by atoms with Crippen LogP contribution in [0.5, 0.6) is 5.75 Å². The summed E-state index contributed by atoms with van der Waals surface area (Å²) in [5.74, 6) is 1.26. The number of pyridine rings is 1. The van der Waals surface area contributed by atoms with Crippen molar-refractivity contribution in [2.45, 2.75) is 57.7 Å². The third kappa shape index (κ3) is 5.40. The van der Waals surface area contributed by atoms with E-state index >= 15 is 0 Å². The number of hydrogen-bond acceptors (Lipinski definition) is 4. The molecule has 1 aliphatic heterocycles. The molecule has 2 N–H and O–H groups in total. The second kappa shape index (κ2) is 9.16. The molecule has 1 saturated heterocycles. The number of hydrogen-bond donors (Lipinski definition) is 2. The number of phenolic OH excluding ortho intramolecular Hbond substituents is 1. The van der Waals surface area contributed by atoms with E-state index in [-0.39, 0.29) is 11.8 Å². The third-order valence-electron chi connectivity index (χ3n) is 5.69. The van der Waals surface area contributed by atoms with Crippen LogP contribution >= 0.6 is 0 Å². The Balaban J connectivity index is 1.33. The van der Waals surface area contributed by atoms with E-state index in [1.807, 2.05) is 23.2 Å². The SMILES string of the molecule is O=C(NCc1ccc(N2CCCCCC2)nc1)N(Cc1cccc(O)c1)C1CC1. The van der Waals surface area contributed by atoms with E-state index in [0.29, 0.717) is 19.1 Å². The van der Waals surface area contributed by atoms with Crippen LogP contribution in [0, 0.1) is 0 Å². The number of carbonyl (C=O) groups excluding carboxylic acids is 1. The highest BCUT2D eigenvalue weighted by molar-refractivity contribution is 5.75. The number of nitrogens with zero attached hydrogens (tertiary/aromatic N) is 3. The Morgan fingerprint density at radius 1 is 1.10 bits per heavy atom. The van der Waals surface area contributed by atoms with Gasteiger partial charge in [0.25, 0.3) is 0 Å². The summed E-state index contributed by atoms with van der Waals surface area (Å²) in [6.07, 6.45) is 9.03. The molecule has 2 heterocycles. The van der Waals surface area contributed by atoms with E-state index in [4.69, 9.17) is 0 Å². The Morgan fingerprint density at radius 3 is 2.55 bits per heavy atom. The Bertz CT molecular complexity index is 812. The maximum absolute atomic E-state index is 12.8. The fourth-order valence-electron chi connectivity index (χ4n) is 3.89. The lowest BCUT2D eigenvalue weighted by molar-refractivity contribution is 0.191. The summed E-state index contributed by atoms with van der Waals surface area (Å²) in [6.45, 7) is 3.13. The molecule has 2 aromatic rings. The number of aromatic nitrogens is 1. The van der Waals surface area contributed by atoms with Gasteiger partial charge in [0.1, 0.15) is 11.6 Å². The molecule has 6 heteroatoms. The molecule has 2 fully saturated rings. The molecule has 154 valence electrons. The topological polar surface area (TPSA) is 68.7 Å². The highest BCUT2D eigenvalue weighted by Crippen LogP contribution is 2.29. The predicted octanol–water partition coefficient (Wildman–Crippen LogP) is 4.04. The van der Waals surface area contributed by atoms with Crippen LogP contribution in [0.2, 0.25) is 0 Å². The number of urea groups is 1. The maximum Gasteiger partial charge on any atom is 0.318 e. The van der Waals surface area contributed by atoms with Crippen LogP contribution in [-0.2, 0) is 13.1 Å². The van der Waals surface area contributed by atoms with Crippen LogP contribution in [0.4, 0.5) is 10.6 Å². The Morgan fingerprint density at radius 2 is 1.90 bits per heavy atom. The molecular weight excluding hydrogens is 364 g/mol. The van der Waals surface area contributed by atoms with E-state index in [0.717, 1.165) is 42.9 Å². The Kier molecular flexibility index (Phi) is 6.17. The van der Waals surface area contributed by atoms with E-state index in [1.54, 1.807) is 12.1 Å². The molecule has 29 heavy (non-hydrogen) atoms. The highest BCUT2D eigenvalue weighted by Gasteiger charge is 2.32. The van der Waals surface area contributed by atoms with Crippen molar-refractivity contribution in [2.75, 3.05) is 18.0 Å². The third-order valence-corrected chi connectivity index (χ3v) is 5.69. The lowest BCUT2D eigenvalue weighted by Gasteiger charge is -2.23. The standard InChI is InChI=1S/C23H30N4O2/c28-21-7-5-6-18(14-21)17-27(20-9-10-20)23(29)25-16-19-8-11-22(24-15-19)26-12-3-1-2-4-13-26/h5-8,11,14-15,20,28H,1-4,9-10,12-13,16-17H2,(H,25,29). The summed E-state index contributed by atoms with van der Waals surface area (Å²) >= 11 is 0. The second-order valence-corrected chi connectivity index (χ2v) is 8.11. The summed E-state index contributed by atoms with van der Waals surface area (Å²) in [5.41, 5.74) is 1.94. The van der Waals surface area contributed by atoms with Gasteiger partial charge in [-0.1, -0.05) is 31.0 Å². The smallest absolute Gasteiger partial charge is 0.318 e. The Hall–Kier alpha value is -2.76. The first-order valence-electron chi connectivity index (χ1n) is 10.7. The summed E-state index contributed by atoms with van der Waals surface area (Å²) in [6, 6.07) is 11.5. The summed E-state index contributed by atoms with van der Waals surface area (Å²) in [4.78, 5) is 21.6. The van der Waals surface area contributed by atoms with Crippen molar-refractivity contribution in [3.05, 3.63) is 53.7 Å². The zero-order chi connectivity index (χ0) is 20.1. The normalized spacial score (nSPS) is 16.9. The van der Waals surface area contributed by atoms with Crippen LogP contribution in [0.3, 0.4) is 0 Å². The first-order chi connectivity index (χ1) is 14.2. The number of carbonyl (C=O) groups is 1. The molecule has 1 aromatic carbocycles. The van der Waals surface area contributed by atoms with Crippen molar-refractivity contribution in [3.63, 3.8) is 0 Å². The van der Waals surface area contributed by atoms with Crippen molar-refractivity contribution in [1.29, 1.82) is 0 Å². The van der Waals surface area contributed by atoms with Gasteiger partial charge in [-0.05, 0) is 55.0 Å². The fraction of sp³-hybridized carbons (Fsp3) is 0.478. The maximum atomic E-state index is 12.8. The van der Waals surface area contributed by atoms with Crippen molar-refractivity contribution < 1.29 is 9.90 Å². The average Bonchev–Trinajstić information content (AvgIpc) is 3.58. The van der Waals surface area contributed by atoms with Gasteiger partial charge in [-0.3, -0.25) is 0 Å². The van der Waals surface area contributed by atoms with Crippen LogP contribution in [0.1, 0.15) is 49.7 Å². The van der Waals surface area contributed by atoms with Crippen LogP contribution < -0.4 is 10.2 Å². The van der Waals surface area contributed by atoms with Gasteiger partial charge in [-0.25, -0.2) is 9.78 Å². The summed E-state index contributed by atoms with van der Waals surface area (Å²) < 4.78 is 0. The lowest BCUT2D eigenvalue weighted by Crippen LogP contribution is -2.40. The van der Waals surface area contributed by atoms with Gasteiger partial charge in [0.15, 0.2) is 0 Å². The monoisotopic (exact) mass is 394 g/mol. The molecule has 0 bridgehead atoms. The van der Waals surface area contributed by atoms with Gasteiger partial charge in [0.05, 0.1) is 0 Å². The minimum Gasteiger partial charge on any atom is -0.508 e. The molecule has 2 amide bonds. The number of rotatable bonds is 6. The number of benzene rings is 1. The molecule has 0 unspecified atom stereocenters. The minimum atomic E-state index is -0.0626. The zero-order valence-corrected chi connectivity index (χ0v) is 16.9. The van der Waals surface area contributed by atoms with Crippen LogP contribution in [0.15, 0.2) is 42.6 Å². The molecule has 1 aromatic heterocycles. The molecule has 0 spiro atoms. The van der Waals surface area contributed by atoms with Gasteiger partial charge < -0.3 is 20.2 Å². The number of aromatic hydroxyl groups is 1. The molecule has 1 aliphatic carbocycles. The van der Waals surface area contributed by atoms with Crippen LogP contribution in [-0.4, -0.2) is 40.2 Å². The number of anilines is 1. The van der Waals surface area contributed by atoms with Gasteiger partial charge >= 0.3 is 6.03 Å². The van der Waals surface area contributed by atoms with Gasteiger partial charge in [-0.2, -0.15) is 0 Å². The number of phenols is 1. The summed E-state index contributed by atoms with van der Waals surface area (Å²) in [7, 11) is 0.